The van der Waals surface area contributed by atoms with Gasteiger partial charge in [0.05, 0.1) is 6.04 Å². The molecule has 0 saturated carbocycles. The van der Waals surface area contributed by atoms with Crippen LogP contribution in [0.2, 0.25) is 0 Å². The second-order valence-electron chi connectivity index (χ2n) is 5.62. The molecule has 0 bridgehead atoms. The topological polar surface area (TPSA) is 12.0 Å². The number of halogens is 1. The third-order valence-electron chi connectivity index (χ3n) is 4.48. The van der Waals surface area contributed by atoms with E-state index in [4.69, 9.17) is 0 Å². The van der Waals surface area contributed by atoms with Gasteiger partial charge < -0.3 is 5.32 Å². The van der Waals surface area contributed by atoms with Gasteiger partial charge in [-0.25, -0.2) is 4.39 Å². The van der Waals surface area contributed by atoms with Crippen LogP contribution in [0.1, 0.15) is 29.5 Å². The van der Waals surface area contributed by atoms with Crippen LogP contribution in [0, 0.1) is 11.7 Å². The Bertz CT molecular complexity index is 662. The van der Waals surface area contributed by atoms with Crippen LogP contribution >= 0.6 is 0 Å². The molecule has 1 aliphatic heterocycles. The molecule has 2 heteroatoms. The van der Waals surface area contributed by atoms with Crippen LogP contribution in [0.25, 0.3) is 0 Å². The van der Waals surface area contributed by atoms with Crippen molar-refractivity contribution >= 4 is 5.69 Å². The largest absolute Gasteiger partial charge is 0.378 e. The number of anilines is 1. The smallest absolute Gasteiger partial charge is 0.123 e. The van der Waals surface area contributed by atoms with Gasteiger partial charge in [0.1, 0.15) is 5.82 Å². The number of nitrogens with one attached hydrogen (secondary N) is 1. The molecule has 2 aromatic rings. The molecule has 20 heavy (non-hydrogen) atoms. The maximum Gasteiger partial charge on any atom is 0.123 e. The summed E-state index contributed by atoms with van der Waals surface area (Å²) in [6, 6.07) is 15.9. The first-order valence-electron chi connectivity index (χ1n) is 7.10. The fourth-order valence-electron chi connectivity index (χ4n) is 3.56. The molecule has 3 unspecified atom stereocenters. The molecule has 0 spiro atoms. The summed E-state index contributed by atoms with van der Waals surface area (Å²) in [6.45, 7) is 0. The molecular formula is C18H16FN. The van der Waals surface area contributed by atoms with Crippen molar-refractivity contribution in [1.82, 2.24) is 0 Å². The van der Waals surface area contributed by atoms with Crippen LogP contribution in [-0.4, -0.2) is 0 Å². The Morgan fingerprint density at radius 2 is 1.90 bits per heavy atom. The molecule has 0 amide bonds. The minimum absolute atomic E-state index is 0.150. The zero-order valence-electron chi connectivity index (χ0n) is 11.1. The molecule has 1 heterocycles. The average Bonchev–Trinajstić information content (AvgIpc) is 2.97. The lowest BCUT2D eigenvalue weighted by molar-refractivity contribution is 0.424. The molecule has 1 aliphatic carbocycles. The molecule has 0 fully saturated rings. The predicted molar refractivity (Wildman–Crippen MR) is 79.2 cm³/mol. The fourth-order valence-corrected chi connectivity index (χ4v) is 3.56. The van der Waals surface area contributed by atoms with E-state index >= 15 is 0 Å². The highest BCUT2D eigenvalue weighted by Gasteiger charge is 2.37. The second-order valence-corrected chi connectivity index (χ2v) is 5.62. The third-order valence-corrected chi connectivity index (χ3v) is 4.48. The van der Waals surface area contributed by atoms with Crippen LogP contribution in [0.4, 0.5) is 10.1 Å². The zero-order chi connectivity index (χ0) is 13.5. The molecule has 2 aliphatic rings. The quantitative estimate of drug-likeness (QED) is 0.740. The second kappa shape index (κ2) is 4.48. The summed E-state index contributed by atoms with van der Waals surface area (Å²) in [5, 5.41) is 3.61. The summed E-state index contributed by atoms with van der Waals surface area (Å²) >= 11 is 0. The first-order chi connectivity index (χ1) is 9.83. The minimum Gasteiger partial charge on any atom is -0.378 e. The standard InChI is InChI=1S/C18H16FN/c19-13-9-10-17-16(11-13)14-7-4-8-15(14)18(20-17)12-5-2-1-3-6-12/h1-7,9-11,14-15,18,20H,8H2. The van der Waals surface area contributed by atoms with E-state index in [2.05, 4.69) is 41.7 Å². The number of rotatable bonds is 1. The van der Waals surface area contributed by atoms with Crippen molar-refractivity contribution < 1.29 is 4.39 Å². The highest BCUT2D eigenvalue weighted by Crippen LogP contribution is 2.49. The monoisotopic (exact) mass is 265 g/mol. The lowest BCUT2D eigenvalue weighted by Gasteiger charge is -2.37. The summed E-state index contributed by atoms with van der Waals surface area (Å²) in [5.74, 6) is 0.654. The number of benzene rings is 2. The average molecular weight is 265 g/mol. The molecule has 3 atom stereocenters. The SMILES string of the molecule is Fc1ccc2c(c1)C1C=CCC1C(c1ccccc1)N2. The predicted octanol–water partition coefficient (Wildman–Crippen LogP) is 4.65. The molecule has 0 aromatic heterocycles. The van der Waals surface area contributed by atoms with Crippen molar-refractivity contribution in [1.29, 1.82) is 0 Å². The number of hydrogen-bond donors (Lipinski definition) is 1. The Morgan fingerprint density at radius 1 is 1.05 bits per heavy atom. The van der Waals surface area contributed by atoms with Crippen molar-refractivity contribution in [3.63, 3.8) is 0 Å². The Hall–Kier alpha value is -2.09. The summed E-state index contributed by atoms with van der Waals surface area (Å²) in [5.41, 5.74) is 3.46. The van der Waals surface area contributed by atoms with Gasteiger partial charge in [0.15, 0.2) is 0 Å². The summed E-state index contributed by atoms with van der Waals surface area (Å²) in [6.07, 6.45) is 5.51. The summed E-state index contributed by atoms with van der Waals surface area (Å²) in [4.78, 5) is 0. The highest BCUT2D eigenvalue weighted by atomic mass is 19.1. The minimum atomic E-state index is -0.150. The first kappa shape index (κ1) is 11.7. The van der Waals surface area contributed by atoms with E-state index in [0.717, 1.165) is 17.7 Å². The van der Waals surface area contributed by atoms with E-state index in [-0.39, 0.29) is 5.82 Å². The molecule has 1 nitrogen and oxygen atoms in total. The fraction of sp³-hybridized carbons (Fsp3) is 0.222. The molecular weight excluding hydrogens is 249 g/mol. The molecule has 0 radical (unpaired) electrons. The Kier molecular flexibility index (Phi) is 2.62. The molecule has 2 aromatic carbocycles. The van der Waals surface area contributed by atoms with E-state index in [9.17, 15) is 4.39 Å². The maximum atomic E-state index is 13.5. The van der Waals surface area contributed by atoms with Crippen LogP contribution < -0.4 is 5.32 Å². The molecule has 1 N–H and O–H groups in total. The van der Waals surface area contributed by atoms with Crippen molar-refractivity contribution in [2.24, 2.45) is 5.92 Å². The van der Waals surface area contributed by atoms with Crippen molar-refractivity contribution in [3.05, 3.63) is 77.6 Å². The van der Waals surface area contributed by atoms with Crippen molar-refractivity contribution in [2.75, 3.05) is 5.32 Å². The Labute approximate surface area is 118 Å². The van der Waals surface area contributed by atoms with Crippen LogP contribution in [0.5, 0.6) is 0 Å². The van der Waals surface area contributed by atoms with Gasteiger partial charge in [0.25, 0.3) is 0 Å². The lowest BCUT2D eigenvalue weighted by Crippen LogP contribution is -2.29. The molecule has 0 saturated heterocycles. The van der Waals surface area contributed by atoms with Crippen LogP contribution in [0.15, 0.2) is 60.7 Å². The normalized spacial score (nSPS) is 26.8. The van der Waals surface area contributed by atoms with E-state index in [1.54, 1.807) is 6.07 Å². The van der Waals surface area contributed by atoms with E-state index in [1.807, 2.05) is 12.1 Å². The van der Waals surface area contributed by atoms with E-state index < -0.39 is 0 Å². The van der Waals surface area contributed by atoms with Crippen LogP contribution in [0.3, 0.4) is 0 Å². The Morgan fingerprint density at radius 3 is 2.75 bits per heavy atom. The van der Waals surface area contributed by atoms with Gasteiger partial charge in [-0.2, -0.15) is 0 Å². The Balaban J connectivity index is 1.80. The number of allylic oxidation sites excluding steroid dienone is 2. The third kappa shape index (κ3) is 1.75. The van der Waals surface area contributed by atoms with Gasteiger partial charge in [-0.3, -0.25) is 0 Å². The summed E-state index contributed by atoms with van der Waals surface area (Å²) < 4.78 is 13.5. The van der Waals surface area contributed by atoms with Gasteiger partial charge in [-0.15, -0.1) is 0 Å². The van der Waals surface area contributed by atoms with Crippen molar-refractivity contribution in [2.45, 2.75) is 18.4 Å². The first-order valence-corrected chi connectivity index (χ1v) is 7.10. The van der Waals surface area contributed by atoms with Gasteiger partial charge in [-0.1, -0.05) is 42.5 Å². The van der Waals surface area contributed by atoms with Gasteiger partial charge in [-0.05, 0) is 41.7 Å². The highest BCUT2D eigenvalue weighted by molar-refractivity contribution is 5.59. The van der Waals surface area contributed by atoms with E-state index in [1.165, 1.54) is 11.6 Å². The lowest BCUT2D eigenvalue weighted by atomic mass is 9.77. The number of hydrogen-bond acceptors (Lipinski definition) is 1. The maximum absolute atomic E-state index is 13.5. The molecule has 4 rings (SSSR count). The van der Waals surface area contributed by atoms with E-state index in [0.29, 0.717) is 17.9 Å². The van der Waals surface area contributed by atoms with Gasteiger partial charge in [0.2, 0.25) is 0 Å². The summed E-state index contributed by atoms with van der Waals surface area (Å²) in [7, 11) is 0. The molecule has 100 valence electrons. The zero-order valence-corrected chi connectivity index (χ0v) is 11.1. The van der Waals surface area contributed by atoms with Crippen LogP contribution in [-0.2, 0) is 0 Å². The number of fused-ring (bicyclic) bond motifs is 3. The van der Waals surface area contributed by atoms with Crippen molar-refractivity contribution in [3.8, 4) is 0 Å². The van der Waals surface area contributed by atoms with Gasteiger partial charge in [0, 0.05) is 11.6 Å². The van der Waals surface area contributed by atoms with Gasteiger partial charge >= 0.3 is 0 Å².